The third-order valence-electron chi connectivity index (χ3n) is 6.28. The average molecular weight is 510 g/mol. The summed E-state index contributed by atoms with van der Waals surface area (Å²) in [5, 5.41) is 15.2. The molecule has 2 aromatic rings. The summed E-state index contributed by atoms with van der Waals surface area (Å²) >= 11 is 0. The molecule has 1 unspecified atom stereocenters. The number of aliphatic carboxylic acids is 1. The summed E-state index contributed by atoms with van der Waals surface area (Å²) in [5.41, 5.74) is 1.83. The van der Waals surface area contributed by atoms with Gasteiger partial charge in [0.2, 0.25) is 11.8 Å². The summed E-state index contributed by atoms with van der Waals surface area (Å²) in [6.45, 7) is 4.63. The van der Waals surface area contributed by atoms with Gasteiger partial charge < -0.3 is 20.2 Å². The number of carboxylic acid groups (broad SMARTS) is 1. The molecule has 2 saturated heterocycles. The Morgan fingerprint density at radius 2 is 1.57 bits per heavy atom. The molecule has 0 saturated carbocycles. The van der Waals surface area contributed by atoms with Crippen LogP contribution in [0.2, 0.25) is 0 Å². The Kier molecular flexibility index (Phi) is 9.62. The zero-order chi connectivity index (χ0) is 26.9. The lowest BCUT2D eigenvalue weighted by Crippen LogP contribution is -2.75. The molecule has 0 aromatic heterocycles. The Morgan fingerprint density at radius 1 is 0.973 bits per heavy atom. The van der Waals surface area contributed by atoms with E-state index in [-0.39, 0.29) is 37.7 Å². The van der Waals surface area contributed by atoms with Crippen molar-refractivity contribution in [3.05, 3.63) is 71.8 Å². The number of rotatable bonds is 7. The fourth-order valence-corrected chi connectivity index (χ4v) is 4.64. The van der Waals surface area contributed by atoms with E-state index in [0.29, 0.717) is 13.1 Å². The molecule has 2 N–H and O–H groups in total. The van der Waals surface area contributed by atoms with Crippen LogP contribution in [-0.4, -0.2) is 81.1 Å². The summed E-state index contributed by atoms with van der Waals surface area (Å²) in [6.07, 6.45) is -1.04. The quantitative estimate of drug-likeness (QED) is 0.593. The standard InChI is InChI=1S/C25H29N5O5.C2H6/c1-27-17-22(31)29-20(12-13-23(32)33)24(34)28(15-19-10-6-3-7-11-19)16-21(29)30(27)25(35)26-14-18-8-4-2-5-9-18;1-2/h2-11,20-21H,12-17H2,1H3,(H,26,35)(H,32,33);1-2H3/t20?,21-;/m0./s1. The van der Waals surface area contributed by atoms with Crippen molar-refractivity contribution in [3.63, 3.8) is 0 Å². The minimum Gasteiger partial charge on any atom is -0.481 e. The van der Waals surface area contributed by atoms with Gasteiger partial charge in [0.15, 0.2) is 0 Å². The number of benzene rings is 2. The van der Waals surface area contributed by atoms with Crippen LogP contribution >= 0.6 is 0 Å². The lowest BCUT2D eigenvalue weighted by Gasteiger charge is -2.54. The van der Waals surface area contributed by atoms with Crippen LogP contribution in [0.3, 0.4) is 0 Å². The van der Waals surface area contributed by atoms with E-state index in [4.69, 9.17) is 0 Å². The summed E-state index contributed by atoms with van der Waals surface area (Å²) < 4.78 is 0. The maximum atomic E-state index is 13.4. The topological polar surface area (TPSA) is 114 Å². The van der Waals surface area contributed by atoms with Crippen LogP contribution < -0.4 is 5.32 Å². The smallest absolute Gasteiger partial charge is 0.334 e. The summed E-state index contributed by atoms with van der Waals surface area (Å²) in [5.74, 6) is -1.67. The van der Waals surface area contributed by atoms with Crippen molar-refractivity contribution in [1.29, 1.82) is 0 Å². The molecule has 0 bridgehead atoms. The first kappa shape index (κ1) is 27.7. The second-order valence-corrected chi connectivity index (χ2v) is 8.74. The molecular formula is C27H35N5O5. The largest absolute Gasteiger partial charge is 0.481 e. The monoisotopic (exact) mass is 509 g/mol. The Bertz CT molecular complexity index is 1080. The number of carbonyl (C=O) groups is 4. The molecule has 2 aliphatic rings. The SMILES string of the molecule is CC.CN1CC(=O)N2C(CCC(=O)O)C(=O)N(Cc3ccccc3)C[C@@H]2N1C(=O)NCc1ccccc1. The first-order chi connectivity index (χ1) is 17.8. The predicted octanol–water partition coefficient (Wildman–Crippen LogP) is 2.52. The van der Waals surface area contributed by atoms with Crippen LogP contribution in [0.5, 0.6) is 0 Å². The van der Waals surface area contributed by atoms with Crippen LogP contribution in [0.4, 0.5) is 4.79 Å². The van der Waals surface area contributed by atoms with E-state index in [2.05, 4.69) is 5.32 Å². The van der Waals surface area contributed by atoms with Crippen molar-refractivity contribution in [2.45, 2.75) is 52.0 Å². The number of hydrogen-bond donors (Lipinski definition) is 2. The van der Waals surface area contributed by atoms with Gasteiger partial charge in [-0.15, -0.1) is 0 Å². The third-order valence-corrected chi connectivity index (χ3v) is 6.28. The van der Waals surface area contributed by atoms with Crippen LogP contribution in [0, 0.1) is 0 Å². The van der Waals surface area contributed by atoms with E-state index in [1.165, 1.54) is 9.91 Å². The van der Waals surface area contributed by atoms with Crippen LogP contribution in [0.25, 0.3) is 0 Å². The summed E-state index contributed by atoms with van der Waals surface area (Å²) in [4.78, 5) is 54.1. The Labute approximate surface area is 217 Å². The van der Waals surface area contributed by atoms with Gasteiger partial charge in [0, 0.05) is 26.6 Å². The Hall–Kier alpha value is -3.92. The van der Waals surface area contributed by atoms with Gasteiger partial charge in [0.1, 0.15) is 12.2 Å². The highest BCUT2D eigenvalue weighted by Gasteiger charge is 2.50. The lowest BCUT2D eigenvalue weighted by atomic mass is 10.0. The first-order valence-electron chi connectivity index (χ1n) is 12.5. The van der Waals surface area contributed by atoms with Crippen molar-refractivity contribution in [2.75, 3.05) is 20.1 Å². The molecule has 2 atom stereocenters. The maximum absolute atomic E-state index is 13.4. The number of nitrogens with one attached hydrogen (secondary N) is 1. The van der Waals surface area contributed by atoms with E-state index in [9.17, 15) is 24.3 Å². The number of hydrazine groups is 1. The second kappa shape index (κ2) is 12.9. The van der Waals surface area contributed by atoms with Gasteiger partial charge in [-0.05, 0) is 17.5 Å². The number of likely N-dealkylation sites (N-methyl/N-ethyl adjacent to an activating group) is 1. The lowest BCUT2D eigenvalue weighted by molar-refractivity contribution is -0.188. The highest BCUT2D eigenvalue weighted by Crippen LogP contribution is 2.28. The molecule has 2 fully saturated rings. The molecule has 2 aliphatic heterocycles. The van der Waals surface area contributed by atoms with Gasteiger partial charge in [-0.3, -0.25) is 14.4 Å². The van der Waals surface area contributed by atoms with Crippen molar-refractivity contribution in [1.82, 2.24) is 25.1 Å². The van der Waals surface area contributed by atoms with Gasteiger partial charge in [-0.2, -0.15) is 0 Å². The van der Waals surface area contributed by atoms with Crippen LogP contribution in [-0.2, 0) is 27.5 Å². The van der Waals surface area contributed by atoms with E-state index in [0.717, 1.165) is 11.1 Å². The molecule has 0 radical (unpaired) electrons. The van der Waals surface area contributed by atoms with Crippen LogP contribution in [0.1, 0.15) is 37.8 Å². The highest BCUT2D eigenvalue weighted by atomic mass is 16.4. The highest BCUT2D eigenvalue weighted by molar-refractivity contribution is 5.91. The van der Waals surface area contributed by atoms with Gasteiger partial charge in [0.05, 0.1) is 13.1 Å². The molecule has 37 heavy (non-hydrogen) atoms. The number of carbonyl (C=O) groups excluding carboxylic acids is 3. The van der Waals surface area contributed by atoms with E-state index in [1.54, 1.807) is 17.0 Å². The first-order valence-corrected chi connectivity index (χ1v) is 12.5. The van der Waals surface area contributed by atoms with E-state index < -0.39 is 24.2 Å². The van der Waals surface area contributed by atoms with E-state index in [1.807, 2.05) is 74.5 Å². The van der Waals surface area contributed by atoms with Crippen molar-refractivity contribution in [3.8, 4) is 0 Å². The molecular weight excluding hydrogens is 474 g/mol. The second-order valence-electron chi connectivity index (χ2n) is 8.74. The van der Waals surface area contributed by atoms with Gasteiger partial charge >= 0.3 is 12.0 Å². The van der Waals surface area contributed by atoms with Crippen molar-refractivity contribution >= 4 is 23.8 Å². The maximum Gasteiger partial charge on any atom is 0.334 e. The summed E-state index contributed by atoms with van der Waals surface area (Å²) in [6, 6.07) is 17.5. The molecule has 4 rings (SSSR count). The number of fused-ring (bicyclic) bond motifs is 1. The Morgan fingerprint density at radius 3 is 2.16 bits per heavy atom. The van der Waals surface area contributed by atoms with Gasteiger partial charge in [0.25, 0.3) is 0 Å². The minimum atomic E-state index is -1.05. The molecule has 4 amide bonds. The normalized spacial score (nSPS) is 19.6. The molecule has 10 heteroatoms. The fraction of sp³-hybridized carbons (Fsp3) is 0.407. The number of hydrogen-bond acceptors (Lipinski definition) is 5. The molecule has 2 aromatic carbocycles. The zero-order valence-electron chi connectivity index (χ0n) is 21.5. The number of nitrogens with zero attached hydrogens (tertiary/aromatic N) is 4. The van der Waals surface area contributed by atoms with E-state index >= 15 is 0 Å². The predicted molar refractivity (Wildman–Crippen MR) is 138 cm³/mol. The molecule has 10 nitrogen and oxygen atoms in total. The van der Waals surface area contributed by atoms with Gasteiger partial charge in [-0.1, -0.05) is 74.5 Å². The summed E-state index contributed by atoms with van der Waals surface area (Å²) in [7, 11) is 1.65. The molecule has 0 spiro atoms. The average Bonchev–Trinajstić information content (AvgIpc) is 2.90. The van der Waals surface area contributed by atoms with Crippen molar-refractivity contribution < 1.29 is 24.3 Å². The Balaban J connectivity index is 0.00000186. The fourth-order valence-electron chi connectivity index (χ4n) is 4.64. The van der Waals surface area contributed by atoms with Crippen LogP contribution in [0.15, 0.2) is 60.7 Å². The molecule has 198 valence electrons. The number of carboxylic acids is 1. The van der Waals surface area contributed by atoms with Crippen molar-refractivity contribution in [2.24, 2.45) is 0 Å². The third kappa shape index (κ3) is 6.65. The zero-order valence-corrected chi connectivity index (χ0v) is 21.5. The molecule has 0 aliphatic carbocycles. The molecule has 2 heterocycles. The number of amides is 4. The number of urea groups is 1. The number of piperazine rings is 1. The minimum absolute atomic E-state index is 0.0229. The van der Waals surface area contributed by atoms with Gasteiger partial charge in [-0.25, -0.2) is 14.8 Å².